The maximum absolute atomic E-state index is 13.2. The lowest BCUT2D eigenvalue weighted by Crippen LogP contribution is -2.54. The fourth-order valence-electron chi connectivity index (χ4n) is 4.80. The molecule has 2 heterocycles. The van der Waals surface area contributed by atoms with E-state index in [1.54, 1.807) is 4.90 Å². The van der Waals surface area contributed by atoms with E-state index < -0.39 is 5.60 Å². The van der Waals surface area contributed by atoms with Crippen molar-refractivity contribution in [1.29, 1.82) is 0 Å². The number of carbonyl (C=O) groups excluding carboxylic acids is 2. The second-order valence-corrected chi connectivity index (χ2v) is 10.0. The average Bonchev–Trinajstić information content (AvgIpc) is 2.95. The Kier molecular flexibility index (Phi) is 6.46. The normalized spacial score (nSPS) is 25.0. The lowest BCUT2D eigenvalue weighted by molar-refractivity contribution is -0.119. The number of anilines is 1. The molecule has 0 unspecified atom stereocenters. The zero-order valence-electron chi connectivity index (χ0n) is 19.5. The minimum absolute atomic E-state index is 0.159. The number of rotatable bonds is 3. The molecule has 6 nitrogen and oxygen atoms in total. The molecule has 2 saturated heterocycles. The van der Waals surface area contributed by atoms with Crippen molar-refractivity contribution in [2.24, 2.45) is 5.92 Å². The number of hydrogen-bond acceptors (Lipinski definition) is 4. The van der Waals surface area contributed by atoms with Crippen molar-refractivity contribution >= 4 is 17.7 Å². The molecular weight excluding hydrogens is 378 g/mol. The Morgan fingerprint density at radius 3 is 2.30 bits per heavy atom. The summed E-state index contributed by atoms with van der Waals surface area (Å²) in [5, 5.41) is 3.61. The van der Waals surface area contributed by atoms with Gasteiger partial charge in [0.2, 0.25) is 5.91 Å². The molecule has 0 radical (unpaired) electrons. The summed E-state index contributed by atoms with van der Waals surface area (Å²) in [6, 6.07) is 4.35. The average molecular weight is 416 g/mol. The minimum atomic E-state index is -0.485. The summed E-state index contributed by atoms with van der Waals surface area (Å²) in [6.07, 6.45) is 1.39. The number of aryl methyl sites for hydroxylation is 3. The van der Waals surface area contributed by atoms with Gasteiger partial charge in [0.05, 0.1) is 6.04 Å². The maximum atomic E-state index is 13.2. The molecule has 2 fully saturated rings. The lowest BCUT2D eigenvalue weighted by Gasteiger charge is -2.38. The van der Waals surface area contributed by atoms with Gasteiger partial charge >= 0.3 is 6.09 Å². The van der Waals surface area contributed by atoms with Crippen LogP contribution in [0.25, 0.3) is 0 Å². The molecule has 2 aliphatic rings. The molecule has 3 atom stereocenters. The summed E-state index contributed by atoms with van der Waals surface area (Å²) in [5.74, 6) is 0.419. The monoisotopic (exact) mass is 415 g/mol. The highest BCUT2D eigenvalue weighted by molar-refractivity contribution is 6.00. The first-order chi connectivity index (χ1) is 14.0. The van der Waals surface area contributed by atoms with Crippen LogP contribution in [-0.4, -0.2) is 54.2 Å². The molecule has 0 saturated carbocycles. The first kappa shape index (κ1) is 22.6. The van der Waals surface area contributed by atoms with Crippen LogP contribution in [0.2, 0.25) is 0 Å². The lowest BCUT2D eigenvalue weighted by atomic mass is 9.93. The van der Waals surface area contributed by atoms with Gasteiger partial charge in [-0.3, -0.25) is 4.79 Å². The third-order valence-electron chi connectivity index (χ3n) is 6.08. The largest absolute Gasteiger partial charge is 0.444 e. The maximum Gasteiger partial charge on any atom is 0.410 e. The van der Waals surface area contributed by atoms with Crippen LogP contribution in [0.4, 0.5) is 10.5 Å². The quantitative estimate of drug-likeness (QED) is 0.812. The third-order valence-corrected chi connectivity index (χ3v) is 6.08. The number of nitrogens with zero attached hydrogens (tertiary/aromatic N) is 2. The fourth-order valence-corrected chi connectivity index (χ4v) is 4.80. The van der Waals surface area contributed by atoms with Crippen LogP contribution < -0.4 is 10.2 Å². The summed E-state index contributed by atoms with van der Waals surface area (Å²) < 4.78 is 5.51. The Bertz CT molecular complexity index is 791. The summed E-state index contributed by atoms with van der Waals surface area (Å²) in [7, 11) is 0. The van der Waals surface area contributed by atoms with Gasteiger partial charge in [-0.05, 0) is 71.4 Å². The first-order valence-corrected chi connectivity index (χ1v) is 11.1. The zero-order valence-corrected chi connectivity index (χ0v) is 19.5. The van der Waals surface area contributed by atoms with Crippen LogP contribution in [0.3, 0.4) is 0 Å². The standard InChI is InChI=1S/C24H37N3O3/c1-15-12-16(2)21(17(3)13-15)27-11-9-20(22(27)28)25-19-8-10-26(14-18(19)4)23(29)30-24(5,6)7/h12-13,18-20,25H,8-11,14H2,1-7H3/t18-,19+,20+/m1/s1. The van der Waals surface area contributed by atoms with Crippen molar-refractivity contribution in [3.8, 4) is 0 Å². The zero-order chi connectivity index (χ0) is 22.2. The van der Waals surface area contributed by atoms with Gasteiger partial charge in [0.25, 0.3) is 0 Å². The summed E-state index contributed by atoms with van der Waals surface area (Å²) in [5.41, 5.74) is 4.10. The van der Waals surface area contributed by atoms with E-state index in [0.29, 0.717) is 13.1 Å². The van der Waals surface area contributed by atoms with Crippen LogP contribution in [-0.2, 0) is 9.53 Å². The van der Waals surface area contributed by atoms with Crippen molar-refractivity contribution in [2.45, 2.75) is 79.0 Å². The smallest absolute Gasteiger partial charge is 0.410 e. The van der Waals surface area contributed by atoms with Gasteiger partial charge in [0.15, 0.2) is 0 Å². The van der Waals surface area contributed by atoms with Crippen LogP contribution in [0.5, 0.6) is 0 Å². The Labute approximate surface area is 180 Å². The van der Waals surface area contributed by atoms with Crippen molar-refractivity contribution < 1.29 is 14.3 Å². The number of piperidine rings is 1. The second-order valence-electron chi connectivity index (χ2n) is 10.0. The van der Waals surface area contributed by atoms with Crippen molar-refractivity contribution in [1.82, 2.24) is 10.2 Å². The Morgan fingerprint density at radius 1 is 1.10 bits per heavy atom. The Balaban J connectivity index is 1.61. The molecule has 2 amide bonds. The molecule has 3 rings (SSSR count). The van der Waals surface area contributed by atoms with Gasteiger partial charge in [0, 0.05) is 31.4 Å². The molecule has 1 aromatic carbocycles. The number of likely N-dealkylation sites (tertiary alicyclic amines) is 1. The van der Waals surface area contributed by atoms with Crippen LogP contribution in [0.1, 0.15) is 57.2 Å². The van der Waals surface area contributed by atoms with E-state index in [4.69, 9.17) is 4.74 Å². The molecular formula is C24H37N3O3. The number of hydrogen-bond donors (Lipinski definition) is 1. The van der Waals surface area contributed by atoms with E-state index >= 15 is 0 Å². The minimum Gasteiger partial charge on any atom is -0.444 e. The summed E-state index contributed by atoms with van der Waals surface area (Å²) in [4.78, 5) is 29.3. The number of benzene rings is 1. The number of amides is 2. The number of nitrogens with one attached hydrogen (secondary N) is 1. The Morgan fingerprint density at radius 2 is 1.73 bits per heavy atom. The van der Waals surface area contributed by atoms with E-state index in [9.17, 15) is 9.59 Å². The third kappa shape index (κ3) is 4.97. The molecule has 1 aromatic rings. The predicted octanol–water partition coefficient (Wildman–Crippen LogP) is 3.95. The molecule has 0 spiro atoms. The van der Waals surface area contributed by atoms with E-state index in [0.717, 1.165) is 36.2 Å². The van der Waals surface area contributed by atoms with E-state index in [2.05, 4.69) is 45.1 Å². The summed E-state index contributed by atoms with van der Waals surface area (Å²) >= 11 is 0. The highest BCUT2D eigenvalue weighted by atomic mass is 16.6. The van der Waals surface area contributed by atoms with Gasteiger partial charge in [-0.15, -0.1) is 0 Å². The van der Waals surface area contributed by atoms with Gasteiger partial charge in [-0.2, -0.15) is 0 Å². The molecule has 2 aliphatic heterocycles. The van der Waals surface area contributed by atoms with Gasteiger partial charge in [-0.1, -0.05) is 24.6 Å². The van der Waals surface area contributed by atoms with Crippen molar-refractivity contribution in [3.05, 3.63) is 28.8 Å². The highest BCUT2D eigenvalue weighted by Crippen LogP contribution is 2.31. The Hall–Kier alpha value is -2.08. The second kappa shape index (κ2) is 8.58. The van der Waals surface area contributed by atoms with Crippen LogP contribution in [0, 0.1) is 26.7 Å². The SMILES string of the molecule is Cc1cc(C)c(N2CC[C@H](N[C@H]3CCN(C(=O)OC(C)(C)C)C[C@H]3C)C2=O)c(C)c1. The molecule has 166 valence electrons. The van der Waals surface area contributed by atoms with Crippen molar-refractivity contribution in [3.63, 3.8) is 0 Å². The first-order valence-electron chi connectivity index (χ1n) is 11.1. The molecule has 30 heavy (non-hydrogen) atoms. The molecule has 6 heteroatoms. The van der Waals surface area contributed by atoms with Crippen LogP contribution in [0.15, 0.2) is 12.1 Å². The van der Waals surface area contributed by atoms with E-state index in [1.165, 1.54) is 5.56 Å². The molecule has 0 aromatic heterocycles. The van der Waals surface area contributed by atoms with Gasteiger partial charge in [-0.25, -0.2) is 4.79 Å². The van der Waals surface area contributed by atoms with Gasteiger partial charge < -0.3 is 19.9 Å². The van der Waals surface area contributed by atoms with E-state index in [-0.39, 0.29) is 30.0 Å². The predicted molar refractivity (Wildman–Crippen MR) is 120 cm³/mol. The molecule has 0 aliphatic carbocycles. The number of ether oxygens (including phenoxy) is 1. The number of carbonyl (C=O) groups is 2. The fraction of sp³-hybridized carbons (Fsp3) is 0.667. The highest BCUT2D eigenvalue weighted by Gasteiger charge is 2.38. The topological polar surface area (TPSA) is 61.9 Å². The summed E-state index contributed by atoms with van der Waals surface area (Å²) in [6.45, 7) is 16.1. The van der Waals surface area contributed by atoms with Gasteiger partial charge in [0.1, 0.15) is 5.60 Å². The molecule has 0 bridgehead atoms. The van der Waals surface area contributed by atoms with Crippen molar-refractivity contribution in [2.75, 3.05) is 24.5 Å². The molecule has 1 N–H and O–H groups in total. The van der Waals surface area contributed by atoms with E-state index in [1.807, 2.05) is 25.7 Å². The van der Waals surface area contributed by atoms with Crippen LogP contribution >= 0.6 is 0 Å².